The molecule has 0 aromatic rings. The van der Waals surface area contributed by atoms with Crippen molar-refractivity contribution in [2.75, 3.05) is 0 Å². The van der Waals surface area contributed by atoms with Gasteiger partial charge in [0.25, 0.3) is 0 Å². The number of rotatable bonds is 4. The maximum atomic E-state index is 11.8. The molecule has 6 atom stereocenters. The second-order valence-corrected chi connectivity index (χ2v) is 10.7. The Morgan fingerprint density at radius 2 is 1.78 bits per heavy atom. The van der Waals surface area contributed by atoms with Gasteiger partial charge in [-0.05, 0) is 74.5 Å². The van der Waals surface area contributed by atoms with Crippen molar-refractivity contribution in [2.24, 2.45) is 22.7 Å². The monoisotopic (exact) mass is 388 g/mol. The average Bonchev–Trinajstić information content (AvgIpc) is 2.47. The fraction of sp³-hybridized carbons (Fsp3) is 1.00. The molecule has 0 radical (unpaired) electrons. The summed E-state index contributed by atoms with van der Waals surface area (Å²) in [5.41, 5.74) is -1.18. The molecule has 2 fully saturated rings. The van der Waals surface area contributed by atoms with Crippen LogP contribution in [0.15, 0.2) is 0 Å². The summed E-state index contributed by atoms with van der Waals surface area (Å²) < 4.78 is 0. The summed E-state index contributed by atoms with van der Waals surface area (Å²) in [6.07, 6.45) is 6.64. The van der Waals surface area contributed by atoms with Crippen LogP contribution in [0.25, 0.3) is 0 Å². The molecule has 0 saturated heterocycles. The van der Waals surface area contributed by atoms with E-state index >= 15 is 0 Å². The molecule has 0 bridgehead atoms. The van der Waals surface area contributed by atoms with Crippen molar-refractivity contribution in [3.63, 3.8) is 0 Å². The third-order valence-corrected chi connectivity index (χ3v) is 9.53. The molecule has 3 heteroatoms. The molecular weight excluding hydrogens is 352 g/mol. The fourth-order valence-electron chi connectivity index (χ4n) is 5.61. The van der Waals surface area contributed by atoms with Crippen molar-refractivity contribution < 1.29 is 10.2 Å². The molecule has 23 heavy (non-hydrogen) atoms. The zero-order chi connectivity index (χ0) is 17.7. The van der Waals surface area contributed by atoms with Crippen LogP contribution in [0, 0.1) is 22.7 Å². The van der Waals surface area contributed by atoms with Gasteiger partial charge in [0.05, 0.1) is 11.2 Å². The maximum absolute atomic E-state index is 11.8. The Kier molecular flexibility index (Phi) is 5.39. The topological polar surface area (TPSA) is 40.5 Å². The normalized spacial score (nSPS) is 46.0. The van der Waals surface area contributed by atoms with Crippen LogP contribution in [0.4, 0.5) is 0 Å². The lowest BCUT2D eigenvalue weighted by Crippen LogP contribution is -2.64. The minimum absolute atomic E-state index is 0.0533. The van der Waals surface area contributed by atoms with E-state index in [1.807, 2.05) is 13.8 Å². The van der Waals surface area contributed by atoms with Gasteiger partial charge in [-0.25, -0.2) is 0 Å². The molecule has 2 nitrogen and oxygen atoms in total. The smallest absolute Gasteiger partial charge is 0.0730 e. The van der Waals surface area contributed by atoms with E-state index in [9.17, 15) is 10.2 Å². The van der Waals surface area contributed by atoms with Gasteiger partial charge in [0.2, 0.25) is 0 Å². The highest BCUT2D eigenvalue weighted by molar-refractivity contribution is 9.09. The second kappa shape index (κ2) is 6.29. The molecule has 0 unspecified atom stereocenters. The number of hydrogen-bond donors (Lipinski definition) is 2. The van der Waals surface area contributed by atoms with Crippen LogP contribution in [-0.2, 0) is 0 Å². The average molecular weight is 389 g/mol. The van der Waals surface area contributed by atoms with E-state index in [1.165, 1.54) is 6.42 Å². The lowest BCUT2D eigenvalue weighted by molar-refractivity contribution is -0.214. The molecule has 2 rings (SSSR count). The standard InChI is InChI=1S/C20H37BrO2/c1-7-18(5,22)12-13-20(23)14(2)8-9-15-17(3,4)16(21)10-11-19(15,20)6/h14-16,22-23H,7-13H2,1-6H3/t14-,15-,16+,18-,19+,20-/m0/s1. The van der Waals surface area contributed by atoms with Crippen molar-refractivity contribution >= 4 is 15.9 Å². The molecule has 0 heterocycles. The highest BCUT2D eigenvalue weighted by Gasteiger charge is 2.62. The molecule has 2 saturated carbocycles. The number of fused-ring (bicyclic) bond motifs is 1. The van der Waals surface area contributed by atoms with Crippen LogP contribution in [0.5, 0.6) is 0 Å². The zero-order valence-electron chi connectivity index (χ0n) is 16.0. The van der Waals surface area contributed by atoms with Gasteiger partial charge in [0, 0.05) is 4.83 Å². The predicted octanol–water partition coefficient (Wildman–Crippen LogP) is 5.29. The van der Waals surface area contributed by atoms with E-state index < -0.39 is 11.2 Å². The zero-order valence-corrected chi connectivity index (χ0v) is 17.5. The third-order valence-electron chi connectivity index (χ3n) is 7.89. The largest absolute Gasteiger partial charge is 0.390 e. The van der Waals surface area contributed by atoms with E-state index in [0.29, 0.717) is 29.5 Å². The van der Waals surface area contributed by atoms with E-state index in [4.69, 9.17) is 0 Å². The fourth-order valence-corrected chi connectivity index (χ4v) is 6.16. The Morgan fingerprint density at radius 1 is 1.17 bits per heavy atom. The molecule has 2 aliphatic rings. The second-order valence-electron chi connectivity index (χ2n) is 9.55. The highest BCUT2D eigenvalue weighted by Crippen LogP contribution is 2.64. The molecule has 0 amide bonds. The van der Waals surface area contributed by atoms with Crippen LogP contribution in [0.3, 0.4) is 0 Å². The molecule has 0 aliphatic heterocycles. The van der Waals surface area contributed by atoms with Crippen LogP contribution in [0.2, 0.25) is 0 Å². The van der Waals surface area contributed by atoms with E-state index in [0.717, 1.165) is 25.7 Å². The Labute approximate surface area is 151 Å². The Hall–Kier alpha value is 0.400. The predicted molar refractivity (Wildman–Crippen MR) is 101 cm³/mol. The van der Waals surface area contributed by atoms with Crippen LogP contribution in [0.1, 0.15) is 86.5 Å². The molecule has 0 aromatic heterocycles. The van der Waals surface area contributed by atoms with Gasteiger partial charge in [0.1, 0.15) is 0 Å². The van der Waals surface area contributed by atoms with E-state index in [-0.39, 0.29) is 10.8 Å². The van der Waals surface area contributed by atoms with Crippen LogP contribution < -0.4 is 0 Å². The van der Waals surface area contributed by atoms with Crippen molar-refractivity contribution in [1.82, 2.24) is 0 Å². The van der Waals surface area contributed by atoms with Crippen molar-refractivity contribution in [1.29, 1.82) is 0 Å². The Morgan fingerprint density at radius 3 is 2.35 bits per heavy atom. The Bertz CT molecular complexity index is 433. The van der Waals surface area contributed by atoms with E-state index in [1.54, 1.807) is 0 Å². The number of alkyl halides is 1. The van der Waals surface area contributed by atoms with Crippen molar-refractivity contribution in [3.05, 3.63) is 0 Å². The summed E-state index contributed by atoms with van der Waals surface area (Å²) in [7, 11) is 0. The summed E-state index contributed by atoms with van der Waals surface area (Å²) in [5.74, 6) is 0.833. The van der Waals surface area contributed by atoms with Gasteiger partial charge in [-0.15, -0.1) is 0 Å². The van der Waals surface area contributed by atoms with Gasteiger partial charge in [-0.1, -0.05) is 50.5 Å². The first-order valence-electron chi connectivity index (χ1n) is 9.49. The first-order chi connectivity index (χ1) is 10.4. The number of halogens is 1. The molecule has 2 N–H and O–H groups in total. The molecular formula is C20H37BrO2. The first kappa shape index (κ1) is 19.7. The van der Waals surface area contributed by atoms with Gasteiger partial charge < -0.3 is 10.2 Å². The highest BCUT2D eigenvalue weighted by atomic mass is 79.9. The molecule has 0 spiro atoms. The summed E-state index contributed by atoms with van der Waals surface area (Å²) in [4.78, 5) is 0.532. The number of hydrogen-bond acceptors (Lipinski definition) is 2. The lowest BCUT2D eigenvalue weighted by atomic mass is 9.44. The third kappa shape index (κ3) is 3.15. The molecule has 136 valence electrons. The lowest BCUT2D eigenvalue weighted by Gasteiger charge is -2.64. The molecule has 2 aliphatic carbocycles. The Balaban J connectivity index is 2.33. The van der Waals surface area contributed by atoms with Gasteiger partial charge in [-0.2, -0.15) is 0 Å². The minimum Gasteiger partial charge on any atom is -0.390 e. The summed E-state index contributed by atoms with van der Waals surface area (Å²) in [5, 5.41) is 22.3. The van der Waals surface area contributed by atoms with Gasteiger partial charge >= 0.3 is 0 Å². The quantitative estimate of drug-likeness (QED) is 0.641. The van der Waals surface area contributed by atoms with Crippen molar-refractivity contribution in [3.8, 4) is 0 Å². The van der Waals surface area contributed by atoms with Crippen LogP contribution >= 0.6 is 15.9 Å². The first-order valence-corrected chi connectivity index (χ1v) is 10.4. The maximum Gasteiger partial charge on any atom is 0.0730 e. The minimum atomic E-state index is -0.667. The summed E-state index contributed by atoms with van der Waals surface area (Å²) in [6.45, 7) is 13.2. The molecule has 0 aromatic carbocycles. The summed E-state index contributed by atoms with van der Waals surface area (Å²) >= 11 is 3.91. The van der Waals surface area contributed by atoms with Crippen LogP contribution in [-0.4, -0.2) is 26.2 Å². The van der Waals surface area contributed by atoms with Gasteiger partial charge in [-0.3, -0.25) is 0 Å². The number of aliphatic hydroxyl groups is 2. The van der Waals surface area contributed by atoms with Gasteiger partial charge in [0.15, 0.2) is 0 Å². The van der Waals surface area contributed by atoms with E-state index in [2.05, 4.69) is 43.6 Å². The van der Waals surface area contributed by atoms with Crippen molar-refractivity contribution in [2.45, 2.75) is 103 Å². The summed E-state index contributed by atoms with van der Waals surface area (Å²) in [6, 6.07) is 0. The SMILES string of the molecule is CC[C@](C)(O)CC[C@]1(O)[C@@H](C)CC[C@H]2C(C)(C)[C@H](Br)CC[C@]21C.